The van der Waals surface area contributed by atoms with Gasteiger partial charge in [-0.15, -0.1) is 5.92 Å². The van der Waals surface area contributed by atoms with Crippen LogP contribution >= 0.6 is 0 Å². The molecule has 2 aromatic carbocycles. The highest BCUT2D eigenvalue weighted by molar-refractivity contribution is 6.00. The molecule has 0 fully saturated rings. The van der Waals surface area contributed by atoms with Crippen molar-refractivity contribution in [2.24, 2.45) is 0 Å². The van der Waals surface area contributed by atoms with Crippen molar-refractivity contribution in [1.82, 2.24) is 10.2 Å². The van der Waals surface area contributed by atoms with Crippen molar-refractivity contribution >= 4 is 22.6 Å². The molecule has 0 spiro atoms. The molecule has 138 valence electrons. The molecule has 0 unspecified atom stereocenters. The Morgan fingerprint density at radius 1 is 1.19 bits per heavy atom. The van der Waals surface area contributed by atoms with Gasteiger partial charge in [-0.25, -0.2) is 0 Å². The summed E-state index contributed by atoms with van der Waals surface area (Å²) in [5.41, 5.74) is 1.82. The van der Waals surface area contributed by atoms with E-state index >= 15 is 0 Å². The van der Waals surface area contributed by atoms with E-state index in [1.807, 2.05) is 55.5 Å². The van der Waals surface area contributed by atoms with Crippen molar-refractivity contribution < 1.29 is 14.3 Å². The van der Waals surface area contributed by atoms with Gasteiger partial charge in [-0.1, -0.05) is 43.2 Å². The lowest BCUT2D eigenvalue weighted by atomic mass is 10.2. The van der Waals surface area contributed by atoms with E-state index in [2.05, 4.69) is 27.4 Å². The zero-order valence-corrected chi connectivity index (χ0v) is 15.1. The van der Waals surface area contributed by atoms with E-state index in [0.717, 1.165) is 22.9 Å². The number of aromatic amines is 1. The zero-order valence-electron chi connectivity index (χ0n) is 15.1. The predicted octanol–water partition coefficient (Wildman–Crippen LogP) is 3.51. The molecule has 27 heavy (non-hydrogen) atoms. The molecule has 0 saturated heterocycles. The number of hydrogen-bond donors (Lipinski definition) is 2. The molecule has 6 heteroatoms. The first-order valence-corrected chi connectivity index (χ1v) is 8.74. The minimum absolute atomic E-state index is 0.0496. The summed E-state index contributed by atoms with van der Waals surface area (Å²) in [6, 6.07) is 15.2. The van der Waals surface area contributed by atoms with Gasteiger partial charge in [0.05, 0.1) is 12.1 Å². The number of hydrogen-bond acceptors (Lipinski definition) is 4. The Morgan fingerprint density at radius 2 is 2.04 bits per heavy atom. The molecule has 2 N–H and O–H groups in total. The van der Waals surface area contributed by atoms with Crippen LogP contribution in [0.3, 0.4) is 0 Å². The second kappa shape index (κ2) is 9.41. The third-order valence-electron chi connectivity index (χ3n) is 3.75. The first-order valence-electron chi connectivity index (χ1n) is 8.74. The van der Waals surface area contributed by atoms with Gasteiger partial charge in [0, 0.05) is 11.8 Å². The number of carbonyl (C=O) groups is 1. The summed E-state index contributed by atoms with van der Waals surface area (Å²) >= 11 is 0. The molecule has 6 nitrogen and oxygen atoms in total. The molecule has 1 amide bonds. The summed E-state index contributed by atoms with van der Waals surface area (Å²) < 4.78 is 11.1. The summed E-state index contributed by atoms with van der Waals surface area (Å²) in [6.07, 6.45) is 0.798. The van der Waals surface area contributed by atoms with Crippen molar-refractivity contribution in [3.63, 3.8) is 0 Å². The molecule has 0 saturated carbocycles. The monoisotopic (exact) mass is 363 g/mol. The Hall–Kier alpha value is -3.30. The number of nitrogens with one attached hydrogen (secondary N) is 2. The maximum Gasteiger partial charge on any atom is 0.251 e. The van der Waals surface area contributed by atoms with Gasteiger partial charge in [-0.05, 0) is 23.8 Å². The molecule has 0 atom stereocenters. The molecule has 1 aromatic heterocycles. The smallest absolute Gasteiger partial charge is 0.251 e. The normalized spacial score (nSPS) is 10.3. The largest absolute Gasteiger partial charge is 0.481 e. The van der Waals surface area contributed by atoms with Gasteiger partial charge in [0.1, 0.15) is 19.0 Å². The predicted molar refractivity (Wildman–Crippen MR) is 104 cm³/mol. The third kappa shape index (κ3) is 5.33. The van der Waals surface area contributed by atoms with E-state index in [-0.39, 0.29) is 12.5 Å². The summed E-state index contributed by atoms with van der Waals surface area (Å²) in [7, 11) is 0. The summed E-state index contributed by atoms with van der Waals surface area (Å²) in [5, 5.41) is 10.6. The average Bonchev–Trinajstić information content (AvgIpc) is 3.08. The molecular weight excluding hydrogens is 342 g/mol. The summed E-state index contributed by atoms with van der Waals surface area (Å²) in [6.45, 7) is 2.65. The number of rotatable bonds is 7. The van der Waals surface area contributed by atoms with Crippen LogP contribution in [0.5, 0.6) is 5.75 Å². The van der Waals surface area contributed by atoms with Crippen molar-refractivity contribution in [2.45, 2.75) is 20.0 Å². The van der Waals surface area contributed by atoms with Crippen LogP contribution < -0.4 is 10.1 Å². The van der Waals surface area contributed by atoms with Crippen molar-refractivity contribution in [2.75, 3.05) is 18.5 Å². The highest BCUT2D eigenvalue weighted by Crippen LogP contribution is 2.25. The zero-order chi connectivity index (χ0) is 18.9. The maximum absolute atomic E-state index is 12.1. The Morgan fingerprint density at radius 3 is 2.85 bits per heavy atom. The van der Waals surface area contributed by atoms with Gasteiger partial charge in [-0.2, -0.15) is 5.10 Å². The lowest BCUT2D eigenvalue weighted by molar-refractivity contribution is -0.121. The fraction of sp³-hybridized carbons (Fsp3) is 0.238. The van der Waals surface area contributed by atoms with E-state index in [1.54, 1.807) is 0 Å². The molecule has 3 aromatic rings. The number of carbonyl (C=O) groups excluding carboxylic acids is 1. The van der Waals surface area contributed by atoms with E-state index in [9.17, 15) is 4.79 Å². The van der Waals surface area contributed by atoms with Crippen LogP contribution in [0.2, 0.25) is 0 Å². The lowest BCUT2D eigenvalue weighted by Crippen LogP contribution is -2.18. The SMILES string of the molecule is CCC#CCOc1ccc2[nH]nc(NC(=O)COCc3ccccc3)c2c1. The highest BCUT2D eigenvalue weighted by Gasteiger charge is 2.10. The van der Waals surface area contributed by atoms with Crippen LogP contribution in [-0.2, 0) is 16.1 Å². The topological polar surface area (TPSA) is 76.2 Å². The third-order valence-corrected chi connectivity index (χ3v) is 3.75. The first-order chi connectivity index (χ1) is 13.3. The quantitative estimate of drug-likeness (QED) is 0.630. The number of H-pyrrole nitrogens is 1. The first kappa shape index (κ1) is 18.5. The molecular formula is C21H21N3O3. The maximum atomic E-state index is 12.1. The minimum Gasteiger partial charge on any atom is -0.481 e. The van der Waals surface area contributed by atoms with E-state index in [4.69, 9.17) is 9.47 Å². The minimum atomic E-state index is -0.264. The van der Waals surface area contributed by atoms with Crippen molar-refractivity contribution in [1.29, 1.82) is 0 Å². The van der Waals surface area contributed by atoms with Crippen LogP contribution in [0.25, 0.3) is 10.9 Å². The Balaban J connectivity index is 1.57. The van der Waals surface area contributed by atoms with Gasteiger partial charge in [0.2, 0.25) is 0 Å². The van der Waals surface area contributed by atoms with Crippen LogP contribution in [0.15, 0.2) is 48.5 Å². The Labute approximate surface area is 157 Å². The van der Waals surface area contributed by atoms with Crippen LogP contribution in [0.1, 0.15) is 18.9 Å². The van der Waals surface area contributed by atoms with Gasteiger partial charge in [-0.3, -0.25) is 9.89 Å². The Kier molecular flexibility index (Phi) is 6.45. The molecule has 0 aliphatic rings. The molecule has 0 aliphatic heterocycles. The fourth-order valence-corrected chi connectivity index (χ4v) is 2.48. The summed E-state index contributed by atoms with van der Waals surface area (Å²) in [4.78, 5) is 12.1. The number of nitrogens with zero attached hydrogens (tertiary/aromatic N) is 1. The van der Waals surface area contributed by atoms with E-state index < -0.39 is 0 Å². The van der Waals surface area contributed by atoms with Crippen LogP contribution in [0, 0.1) is 11.8 Å². The number of ether oxygens (including phenoxy) is 2. The van der Waals surface area contributed by atoms with Crippen LogP contribution in [-0.4, -0.2) is 29.3 Å². The van der Waals surface area contributed by atoms with Gasteiger partial charge in [0.25, 0.3) is 5.91 Å². The molecule has 3 rings (SSSR count). The number of aromatic nitrogens is 2. The number of benzene rings is 2. The standard InChI is InChI=1S/C21H21N3O3/c1-2-3-7-12-27-17-10-11-19-18(13-17)21(24-23-19)22-20(25)15-26-14-16-8-5-4-6-9-16/h4-6,8-11,13H,2,12,14-15H2,1H3,(H2,22,23,24,25). The van der Waals surface area contributed by atoms with Crippen molar-refractivity contribution in [3.8, 4) is 17.6 Å². The second-order valence-electron chi connectivity index (χ2n) is 5.80. The number of fused-ring (bicyclic) bond motifs is 1. The lowest BCUT2D eigenvalue weighted by Gasteiger charge is -2.06. The molecule has 1 heterocycles. The van der Waals surface area contributed by atoms with Gasteiger partial charge in [0.15, 0.2) is 5.82 Å². The highest BCUT2D eigenvalue weighted by atomic mass is 16.5. The second-order valence-corrected chi connectivity index (χ2v) is 5.80. The number of anilines is 1. The molecule has 0 bridgehead atoms. The van der Waals surface area contributed by atoms with E-state index in [0.29, 0.717) is 24.8 Å². The van der Waals surface area contributed by atoms with E-state index in [1.165, 1.54) is 0 Å². The van der Waals surface area contributed by atoms with Crippen molar-refractivity contribution in [3.05, 3.63) is 54.1 Å². The number of amides is 1. The van der Waals surface area contributed by atoms with Gasteiger partial charge < -0.3 is 14.8 Å². The molecule has 0 radical (unpaired) electrons. The summed E-state index contributed by atoms with van der Waals surface area (Å²) in [5.74, 6) is 6.74. The van der Waals surface area contributed by atoms with Gasteiger partial charge >= 0.3 is 0 Å². The Bertz CT molecular complexity index is 955. The van der Waals surface area contributed by atoms with Crippen LogP contribution in [0.4, 0.5) is 5.82 Å². The fourth-order valence-electron chi connectivity index (χ4n) is 2.48. The average molecular weight is 363 g/mol. The molecule has 0 aliphatic carbocycles.